The van der Waals surface area contributed by atoms with Crippen LogP contribution in [0.3, 0.4) is 0 Å². The molecule has 3 rings (SSSR count). The second-order valence-electron chi connectivity index (χ2n) is 6.27. The first-order valence-electron chi connectivity index (χ1n) is 8.90. The lowest BCUT2D eigenvalue weighted by molar-refractivity contribution is -0.121. The third kappa shape index (κ3) is 4.58. The normalized spacial score (nSPS) is 16.4. The number of ether oxygens (including phenoxy) is 1. The predicted molar refractivity (Wildman–Crippen MR) is 108 cm³/mol. The van der Waals surface area contributed by atoms with Crippen LogP contribution in [-0.2, 0) is 9.59 Å². The van der Waals surface area contributed by atoms with E-state index in [4.69, 9.17) is 4.74 Å². The lowest BCUT2D eigenvalue weighted by Gasteiger charge is -2.16. The van der Waals surface area contributed by atoms with Crippen molar-refractivity contribution in [1.82, 2.24) is 10.9 Å². The van der Waals surface area contributed by atoms with Crippen molar-refractivity contribution in [2.45, 2.75) is 25.8 Å². The van der Waals surface area contributed by atoms with Crippen LogP contribution in [0.4, 0.5) is 5.69 Å². The highest BCUT2D eigenvalue weighted by Gasteiger charge is 2.39. The average Bonchev–Trinajstić information content (AvgIpc) is 2.99. The number of nitrogens with zero attached hydrogens (tertiary/aromatic N) is 1. The molecule has 0 bridgehead atoms. The summed E-state index contributed by atoms with van der Waals surface area (Å²) in [7, 11) is 0. The summed E-state index contributed by atoms with van der Waals surface area (Å²) in [5, 5.41) is 0. The van der Waals surface area contributed by atoms with Gasteiger partial charge in [-0.15, -0.1) is 0 Å². The molecule has 2 N–H and O–H groups in total. The topological polar surface area (TPSA) is 87.7 Å². The summed E-state index contributed by atoms with van der Waals surface area (Å²) in [5.74, 6) is -0.448. The Labute approximate surface area is 171 Å². The van der Waals surface area contributed by atoms with Gasteiger partial charge in [-0.3, -0.25) is 19.8 Å². The zero-order valence-corrected chi connectivity index (χ0v) is 16.9. The molecule has 2 aromatic carbocycles. The summed E-state index contributed by atoms with van der Waals surface area (Å²) >= 11 is 3.30. The maximum Gasteiger partial charge on any atom is 0.265 e. The number of benzene rings is 2. The molecule has 0 spiro atoms. The second-order valence-corrected chi connectivity index (χ2v) is 7.19. The van der Waals surface area contributed by atoms with E-state index < -0.39 is 11.9 Å². The van der Waals surface area contributed by atoms with Crippen LogP contribution in [0.2, 0.25) is 0 Å². The quantitative estimate of drug-likeness (QED) is 0.505. The lowest BCUT2D eigenvalue weighted by Crippen LogP contribution is -2.48. The first-order chi connectivity index (χ1) is 13.5. The van der Waals surface area contributed by atoms with Gasteiger partial charge in [-0.05, 0) is 55.0 Å². The van der Waals surface area contributed by atoms with E-state index in [1.165, 1.54) is 0 Å². The number of rotatable bonds is 7. The molecule has 0 radical (unpaired) electrons. The van der Waals surface area contributed by atoms with Crippen LogP contribution in [0.5, 0.6) is 5.75 Å². The van der Waals surface area contributed by atoms with E-state index in [1.54, 1.807) is 48.5 Å². The Morgan fingerprint density at radius 3 is 2.46 bits per heavy atom. The van der Waals surface area contributed by atoms with E-state index >= 15 is 0 Å². The molecule has 1 aliphatic rings. The van der Waals surface area contributed by atoms with Crippen LogP contribution in [0.15, 0.2) is 53.0 Å². The van der Waals surface area contributed by atoms with Gasteiger partial charge in [-0.25, -0.2) is 10.3 Å². The fourth-order valence-corrected chi connectivity index (χ4v) is 3.02. The van der Waals surface area contributed by atoms with E-state index in [0.717, 1.165) is 15.8 Å². The fraction of sp³-hybridized carbons (Fsp3) is 0.250. The van der Waals surface area contributed by atoms with Gasteiger partial charge < -0.3 is 4.74 Å². The van der Waals surface area contributed by atoms with Crippen LogP contribution >= 0.6 is 15.9 Å². The Hall–Kier alpha value is -2.71. The standard InChI is InChI=1S/C20H20BrN3O4/c1-2-11-28-16-9-7-15(8-10-16)24-18(25)12-17(20(24)27)22-23-19(26)13-3-5-14(21)6-4-13/h3-10,17,22H,2,11-12H2,1H3,(H,23,26)/t17-/m1/s1. The largest absolute Gasteiger partial charge is 0.494 e. The highest BCUT2D eigenvalue weighted by molar-refractivity contribution is 9.10. The molecule has 0 unspecified atom stereocenters. The number of halogens is 1. The Morgan fingerprint density at radius 2 is 1.82 bits per heavy atom. The maximum atomic E-state index is 12.6. The molecule has 1 saturated heterocycles. The number of nitrogens with one attached hydrogen (secondary N) is 2. The zero-order valence-electron chi connectivity index (χ0n) is 15.3. The predicted octanol–water partition coefficient (Wildman–Crippen LogP) is 2.80. The minimum atomic E-state index is -0.817. The summed E-state index contributed by atoms with van der Waals surface area (Å²) in [4.78, 5) is 38.2. The molecular weight excluding hydrogens is 426 g/mol. The number of hydrazine groups is 1. The van der Waals surface area contributed by atoms with Crippen molar-refractivity contribution < 1.29 is 19.1 Å². The molecular formula is C20H20BrN3O4. The number of hydrogen-bond donors (Lipinski definition) is 2. The van der Waals surface area contributed by atoms with Gasteiger partial charge in [0.15, 0.2) is 0 Å². The highest BCUT2D eigenvalue weighted by atomic mass is 79.9. The number of carbonyl (C=O) groups is 3. The van der Waals surface area contributed by atoms with Gasteiger partial charge in [0.25, 0.3) is 11.8 Å². The molecule has 146 valence electrons. The van der Waals surface area contributed by atoms with Crippen molar-refractivity contribution in [2.24, 2.45) is 0 Å². The number of imide groups is 1. The number of carbonyl (C=O) groups excluding carboxylic acids is 3. The minimum absolute atomic E-state index is 0.0342. The van der Waals surface area contributed by atoms with E-state index in [0.29, 0.717) is 23.6 Å². The smallest absolute Gasteiger partial charge is 0.265 e. The van der Waals surface area contributed by atoms with Crippen molar-refractivity contribution in [2.75, 3.05) is 11.5 Å². The third-order valence-electron chi connectivity index (χ3n) is 4.18. The maximum absolute atomic E-state index is 12.6. The van der Waals surface area contributed by atoms with Crippen molar-refractivity contribution >= 4 is 39.3 Å². The zero-order chi connectivity index (χ0) is 20.1. The molecule has 8 heteroatoms. The SMILES string of the molecule is CCCOc1ccc(N2C(=O)C[C@@H](NNC(=O)c3ccc(Br)cc3)C2=O)cc1. The summed E-state index contributed by atoms with van der Waals surface area (Å²) in [6.07, 6.45) is 0.859. The molecule has 2 aromatic rings. The Morgan fingerprint density at radius 1 is 1.14 bits per heavy atom. The molecule has 7 nitrogen and oxygen atoms in total. The van der Waals surface area contributed by atoms with Crippen molar-refractivity contribution in [3.63, 3.8) is 0 Å². The molecule has 1 fully saturated rings. The van der Waals surface area contributed by atoms with Crippen LogP contribution in [0.1, 0.15) is 30.1 Å². The molecule has 1 atom stereocenters. The molecule has 1 heterocycles. The molecule has 0 aliphatic carbocycles. The van der Waals surface area contributed by atoms with Gasteiger partial charge in [-0.2, -0.15) is 0 Å². The Balaban J connectivity index is 1.61. The molecule has 0 saturated carbocycles. The molecule has 28 heavy (non-hydrogen) atoms. The van der Waals surface area contributed by atoms with Crippen LogP contribution in [-0.4, -0.2) is 30.4 Å². The van der Waals surface area contributed by atoms with Gasteiger partial charge in [0.05, 0.1) is 18.7 Å². The molecule has 1 aliphatic heterocycles. The Kier molecular flexibility index (Phi) is 6.43. The van der Waals surface area contributed by atoms with Crippen LogP contribution in [0, 0.1) is 0 Å². The third-order valence-corrected chi connectivity index (χ3v) is 4.71. The van der Waals surface area contributed by atoms with E-state index in [-0.39, 0.29) is 18.2 Å². The molecule has 0 aromatic heterocycles. The number of hydrogen-bond acceptors (Lipinski definition) is 5. The summed E-state index contributed by atoms with van der Waals surface area (Å²) in [5.41, 5.74) is 6.07. The fourth-order valence-electron chi connectivity index (χ4n) is 2.75. The first-order valence-corrected chi connectivity index (χ1v) is 9.70. The minimum Gasteiger partial charge on any atom is -0.494 e. The van der Waals surface area contributed by atoms with Gasteiger partial charge in [-0.1, -0.05) is 22.9 Å². The number of amides is 3. The summed E-state index contributed by atoms with van der Waals surface area (Å²) < 4.78 is 6.37. The van der Waals surface area contributed by atoms with Gasteiger partial charge in [0.1, 0.15) is 11.8 Å². The van der Waals surface area contributed by atoms with Gasteiger partial charge >= 0.3 is 0 Å². The van der Waals surface area contributed by atoms with E-state index in [9.17, 15) is 14.4 Å². The first kappa shape index (κ1) is 20.0. The van der Waals surface area contributed by atoms with Crippen molar-refractivity contribution in [1.29, 1.82) is 0 Å². The second kappa shape index (κ2) is 8.99. The summed E-state index contributed by atoms with van der Waals surface area (Å²) in [6.45, 7) is 2.61. The highest BCUT2D eigenvalue weighted by Crippen LogP contribution is 2.25. The lowest BCUT2D eigenvalue weighted by atomic mass is 10.2. The van der Waals surface area contributed by atoms with E-state index in [2.05, 4.69) is 26.8 Å². The summed E-state index contributed by atoms with van der Waals surface area (Å²) in [6, 6.07) is 12.8. The average molecular weight is 446 g/mol. The Bertz CT molecular complexity index is 868. The van der Waals surface area contributed by atoms with Crippen LogP contribution in [0.25, 0.3) is 0 Å². The van der Waals surface area contributed by atoms with E-state index in [1.807, 2.05) is 6.92 Å². The molecule has 3 amide bonds. The van der Waals surface area contributed by atoms with Gasteiger partial charge in [0.2, 0.25) is 5.91 Å². The van der Waals surface area contributed by atoms with Crippen molar-refractivity contribution in [3.8, 4) is 5.75 Å². The van der Waals surface area contributed by atoms with Crippen molar-refractivity contribution in [3.05, 3.63) is 58.6 Å². The monoisotopic (exact) mass is 445 g/mol. The van der Waals surface area contributed by atoms with Gasteiger partial charge in [0, 0.05) is 10.0 Å². The number of anilines is 1. The van der Waals surface area contributed by atoms with Crippen LogP contribution < -0.4 is 20.5 Å².